The molecule has 0 unspecified atom stereocenters. The van der Waals surface area contributed by atoms with E-state index in [4.69, 9.17) is 0 Å². The van der Waals surface area contributed by atoms with Crippen molar-refractivity contribution in [3.05, 3.63) is 0 Å². The minimum absolute atomic E-state index is 0. The first-order chi connectivity index (χ1) is 7.85. The van der Waals surface area contributed by atoms with Crippen molar-refractivity contribution in [1.82, 2.24) is 18.7 Å². The van der Waals surface area contributed by atoms with Crippen LogP contribution in [0.3, 0.4) is 0 Å². The van der Waals surface area contributed by atoms with Gasteiger partial charge in [0.05, 0.1) is 0 Å². The monoisotopic (exact) mass is 342 g/mol. The van der Waals surface area contributed by atoms with Crippen molar-refractivity contribution in [3.8, 4) is 0 Å². The third-order valence-electron chi connectivity index (χ3n) is 2.95. The number of rotatable bonds is 8. The zero-order valence-electron chi connectivity index (χ0n) is 13.4. The highest BCUT2D eigenvalue weighted by atomic mass is 79.9. The molecule has 6 heteroatoms. The molecule has 18 heavy (non-hydrogen) atoms. The maximum Gasteiger partial charge on any atom is 0.307 e. The van der Waals surface area contributed by atoms with Gasteiger partial charge in [-0.25, -0.2) is 0 Å². The Morgan fingerprint density at radius 3 is 1.11 bits per heavy atom. The Hall–Kier alpha value is 0.750. The normalized spacial score (nSPS) is 12.7. The minimum Gasteiger partial charge on any atom is -1.00 e. The van der Waals surface area contributed by atoms with Crippen LogP contribution in [0.5, 0.6) is 0 Å². The summed E-state index contributed by atoms with van der Waals surface area (Å²) in [7, 11) is 11.7. The Labute approximate surface area is 126 Å². The summed E-state index contributed by atoms with van der Waals surface area (Å²) in [6.45, 7) is 6.85. The van der Waals surface area contributed by atoms with E-state index in [2.05, 4.69) is 74.8 Å². The summed E-state index contributed by atoms with van der Waals surface area (Å²) in [5, 5.41) is 0. The third-order valence-corrected chi connectivity index (χ3v) is 7.33. The molecule has 112 valence electrons. The zero-order chi connectivity index (χ0) is 13.6. The molecule has 0 bridgehead atoms. The molecule has 0 aromatic rings. The minimum atomic E-state index is -1.52. The second-order valence-electron chi connectivity index (χ2n) is 5.03. The summed E-state index contributed by atoms with van der Waals surface area (Å²) in [5.41, 5.74) is 0. The van der Waals surface area contributed by atoms with Crippen molar-refractivity contribution in [2.45, 2.75) is 26.7 Å². The van der Waals surface area contributed by atoms with Crippen LogP contribution in [0.1, 0.15) is 26.7 Å². The Balaban J connectivity index is 0. The standard InChI is InChI=1S/C12H32N4P.BrH/c1-9-11-16(12-10-2)17(13(3)4,14(5)6)15(7)8;/h9-12H2,1-8H3;1H/q+1;/p-1. The van der Waals surface area contributed by atoms with Crippen LogP contribution in [0.2, 0.25) is 0 Å². The number of hydrogen-bond donors (Lipinski definition) is 0. The van der Waals surface area contributed by atoms with Gasteiger partial charge >= 0.3 is 7.87 Å². The molecular formula is C12H32BrN4P. The van der Waals surface area contributed by atoms with E-state index >= 15 is 0 Å². The maximum absolute atomic E-state index is 2.66. The molecule has 0 aliphatic heterocycles. The fourth-order valence-corrected chi connectivity index (χ4v) is 7.33. The summed E-state index contributed by atoms with van der Waals surface area (Å²) in [6.07, 6.45) is 2.41. The van der Waals surface area contributed by atoms with Gasteiger partial charge in [0.2, 0.25) is 0 Å². The van der Waals surface area contributed by atoms with Gasteiger partial charge in [-0.1, -0.05) is 13.8 Å². The highest BCUT2D eigenvalue weighted by molar-refractivity contribution is 7.66. The lowest BCUT2D eigenvalue weighted by atomic mass is 10.4. The molecule has 4 nitrogen and oxygen atoms in total. The van der Waals surface area contributed by atoms with Gasteiger partial charge in [0, 0.05) is 55.4 Å². The van der Waals surface area contributed by atoms with Gasteiger partial charge in [-0.3, -0.25) is 0 Å². The molecule has 0 saturated heterocycles. The van der Waals surface area contributed by atoms with E-state index in [0.717, 1.165) is 13.1 Å². The second kappa shape index (κ2) is 9.62. The summed E-state index contributed by atoms with van der Waals surface area (Å²) >= 11 is 0. The van der Waals surface area contributed by atoms with Crippen molar-refractivity contribution in [2.24, 2.45) is 0 Å². The van der Waals surface area contributed by atoms with Crippen LogP contribution < -0.4 is 17.0 Å². The first-order valence-corrected chi connectivity index (χ1v) is 8.13. The molecule has 0 atom stereocenters. The largest absolute Gasteiger partial charge is 1.00 e. The van der Waals surface area contributed by atoms with E-state index in [1.165, 1.54) is 12.8 Å². The lowest BCUT2D eigenvalue weighted by Crippen LogP contribution is -3.00. The van der Waals surface area contributed by atoms with Crippen LogP contribution in [-0.4, -0.2) is 74.1 Å². The SMILES string of the molecule is CCCN(CCC)[P+](N(C)C)(N(C)C)N(C)C.[Br-]. The van der Waals surface area contributed by atoms with Gasteiger partial charge in [0.15, 0.2) is 0 Å². The highest BCUT2D eigenvalue weighted by Gasteiger charge is 2.53. The molecule has 0 spiro atoms. The molecule has 0 N–H and O–H groups in total. The van der Waals surface area contributed by atoms with Crippen molar-refractivity contribution in [1.29, 1.82) is 0 Å². The molecule has 0 amide bonds. The van der Waals surface area contributed by atoms with Crippen molar-refractivity contribution >= 4 is 7.87 Å². The molecule has 0 saturated carbocycles. The average molecular weight is 343 g/mol. The molecule has 0 fully saturated rings. The smallest absolute Gasteiger partial charge is 0.307 e. The fraction of sp³-hybridized carbons (Fsp3) is 1.00. The van der Waals surface area contributed by atoms with Gasteiger partial charge in [0.1, 0.15) is 0 Å². The average Bonchev–Trinajstić information content (AvgIpc) is 2.17. The maximum atomic E-state index is 2.66. The van der Waals surface area contributed by atoms with Crippen LogP contribution >= 0.6 is 7.87 Å². The summed E-state index contributed by atoms with van der Waals surface area (Å²) < 4.78 is 9.86. The molecule has 0 aromatic carbocycles. The van der Waals surface area contributed by atoms with E-state index in [0.29, 0.717) is 0 Å². The molecular weight excluding hydrogens is 311 g/mol. The topological polar surface area (TPSA) is 13.0 Å². The van der Waals surface area contributed by atoms with Gasteiger partial charge in [-0.2, -0.15) is 0 Å². The summed E-state index contributed by atoms with van der Waals surface area (Å²) in [4.78, 5) is 0. The first-order valence-electron chi connectivity index (χ1n) is 6.53. The van der Waals surface area contributed by atoms with Gasteiger partial charge < -0.3 is 17.0 Å². The molecule has 0 aliphatic carbocycles. The second-order valence-corrected chi connectivity index (χ2v) is 9.07. The van der Waals surface area contributed by atoms with Crippen molar-refractivity contribution in [3.63, 3.8) is 0 Å². The van der Waals surface area contributed by atoms with Crippen LogP contribution in [0.25, 0.3) is 0 Å². The Morgan fingerprint density at radius 1 is 0.667 bits per heavy atom. The van der Waals surface area contributed by atoms with Crippen molar-refractivity contribution in [2.75, 3.05) is 55.4 Å². The Morgan fingerprint density at radius 2 is 0.944 bits per heavy atom. The van der Waals surface area contributed by atoms with E-state index in [1.807, 2.05) is 0 Å². The lowest BCUT2D eigenvalue weighted by molar-refractivity contribution is -0.00000411. The Kier molecular flexibility index (Phi) is 11.3. The number of hydrogen-bond acceptors (Lipinski definition) is 4. The predicted molar refractivity (Wildman–Crippen MR) is 80.1 cm³/mol. The highest BCUT2D eigenvalue weighted by Crippen LogP contribution is 2.66. The molecule has 0 rings (SSSR count). The third kappa shape index (κ3) is 4.39. The summed E-state index contributed by atoms with van der Waals surface area (Å²) in [5.74, 6) is 0. The quantitative estimate of drug-likeness (QED) is 0.550. The molecule has 0 aromatic heterocycles. The summed E-state index contributed by atoms with van der Waals surface area (Å²) in [6, 6.07) is 0. The number of nitrogens with zero attached hydrogens (tertiary/aromatic N) is 4. The van der Waals surface area contributed by atoms with E-state index in [1.54, 1.807) is 0 Å². The fourth-order valence-electron chi connectivity index (χ4n) is 2.73. The van der Waals surface area contributed by atoms with Gasteiger partial charge in [-0.05, 0) is 12.8 Å². The van der Waals surface area contributed by atoms with Crippen LogP contribution in [-0.2, 0) is 0 Å². The van der Waals surface area contributed by atoms with E-state index in [-0.39, 0.29) is 17.0 Å². The van der Waals surface area contributed by atoms with E-state index in [9.17, 15) is 0 Å². The van der Waals surface area contributed by atoms with Crippen LogP contribution in [0.4, 0.5) is 0 Å². The van der Waals surface area contributed by atoms with Crippen molar-refractivity contribution < 1.29 is 17.0 Å². The lowest BCUT2D eigenvalue weighted by Gasteiger charge is -2.45. The number of halogens is 1. The van der Waals surface area contributed by atoms with Gasteiger partial charge in [-0.15, -0.1) is 18.7 Å². The van der Waals surface area contributed by atoms with Crippen LogP contribution in [0, 0.1) is 0 Å². The van der Waals surface area contributed by atoms with Crippen LogP contribution in [0.15, 0.2) is 0 Å². The zero-order valence-corrected chi connectivity index (χ0v) is 15.9. The molecule has 0 aliphatic rings. The van der Waals surface area contributed by atoms with E-state index < -0.39 is 7.87 Å². The predicted octanol–water partition coefficient (Wildman–Crippen LogP) is -0.525. The van der Waals surface area contributed by atoms with Gasteiger partial charge in [0.25, 0.3) is 0 Å². The molecule has 0 radical (unpaired) electrons. The molecule has 0 heterocycles. The Bertz CT molecular complexity index is 184. The first kappa shape index (κ1) is 21.1.